The number of hydrogen-bond donors (Lipinski definition) is 1. The van der Waals surface area contributed by atoms with Gasteiger partial charge in [0.05, 0.1) is 0 Å². The van der Waals surface area contributed by atoms with Gasteiger partial charge in [0.25, 0.3) is 0 Å². The lowest BCUT2D eigenvalue weighted by molar-refractivity contribution is -0.139. The van der Waals surface area contributed by atoms with E-state index in [1.807, 2.05) is 0 Å². The van der Waals surface area contributed by atoms with Crippen molar-refractivity contribution in [3.63, 3.8) is 0 Å². The van der Waals surface area contributed by atoms with Gasteiger partial charge in [-0.25, -0.2) is 4.98 Å². The molecule has 1 amide bonds. The molecule has 7 nitrogen and oxygen atoms in total. The number of nitrogens with zero attached hydrogens (tertiary/aromatic N) is 2. The van der Waals surface area contributed by atoms with Crippen molar-refractivity contribution in [1.29, 1.82) is 0 Å². The Bertz CT molecular complexity index is 489. The van der Waals surface area contributed by atoms with Gasteiger partial charge in [0.2, 0.25) is 5.91 Å². The predicted octanol–water partition coefficient (Wildman–Crippen LogP) is 1.23. The molecule has 1 rings (SSSR count). The number of esters is 1. The Morgan fingerprint density at radius 1 is 1.58 bits per heavy atom. The van der Waals surface area contributed by atoms with Gasteiger partial charge in [0, 0.05) is 12.3 Å². The maximum Gasteiger partial charge on any atom is 0.303 e. The van der Waals surface area contributed by atoms with E-state index in [4.69, 9.17) is 16.3 Å². The lowest BCUT2D eigenvalue weighted by Gasteiger charge is -2.03. The molecule has 0 saturated carbocycles. The lowest BCUT2D eigenvalue weighted by Crippen LogP contribution is -2.15. The largest absolute Gasteiger partial charge is 0.459 e. The molecule has 0 aliphatic heterocycles. The van der Waals surface area contributed by atoms with Crippen LogP contribution in [0.15, 0.2) is 10.5 Å². The van der Waals surface area contributed by atoms with E-state index in [1.165, 1.54) is 25.4 Å². The number of alkyl halides is 1. The first kappa shape index (κ1) is 15.4. The summed E-state index contributed by atoms with van der Waals surface area (Å²) in [5.74, 6) is -0.941. The third kappa shape index (κ3) is 5.23. The maximum absolute atomic E-state index is 11.1. The molecule has 1 N–H and O–H groups in total. The van der Waals surface area contributed by atoms with Crippen molar-refractivity contribution in [1.82, 2.24) is 4.98 Å². The molecule has 0 radical (unpaired) electrons. The first-order chi connectivity index (χ1) is 9.06. The molecule has 104 valence electrons. The molecule has 0 aromatic carbocycles. The van der Waals surface area contributed by atoms with Gasteiger partial charge in [-0.3, -0.25) is 9.59 Å². The third-order valence-corrected chi connectivity index (χ3v) is 2.78. The quantitative estimate of drug-likeness (QED) is 0.369. The Morgan fingerprint density at radius 3 is 2.89 bits per heavy atom. The van der Waals surface area contributed by atoms with E-state index >= 15 is 0 Å². The molecule has 9 heteroatoms. The van der Waals surface area contributed by atoms with E-state index in [2.05, 4.69) is 20.3 Å². The zero-order valence-corrected chi connectivity index (χ0v) is 11.9. The van der Waals surface area contributed by atoms with Crippen molar-refractivity contribution < 1.29 is 19.2 Å². The van der Waals surface area contributed by atoms with Crippen molar-refractivity contribution >= 4 is 45.7 Å². The van der Waals surface area contributed by atoms with Crippen LogP contribution in [0.2, 0.25) is 0 Å². The number of rotatable bonds is 6. The fourth-order valence-corrected chi connectivity index (χ4v) is 1.85. The summed E-state index contributed by atoms with van der Waals surface area (Å²) < 4.78 is 4.83. The second-order valence-corrected chi connectivity index (χ2v) is 4.35. The number of carbonyl (C=O) groups excluding carboxylic acids is 2. The Balaban J connectivity index is 2.77. The molecular weight excluding hydrogens is 294 g/mol. The van der Waals surface area contributed by atoms with Gasteiger partial charge in [0.15, 0.2) is 5.13 Å². The first-order valence-corrected chi connectivity index (χ1v) is 6.53. The topological polar surface area (TPSA) is 89.9 Å². The Kier molecular flexibility index (Phi) is 6.23. The van der Waals surface area contributed by atoms with Crippen molar-refractivity contribution in [2.24, 2.45) is 5.16 Å². The Labute approximate surface area is 118 Å². The van der Waals surface area contributed by atoms with Crippen LogP contribution in [-0.4, -0.2) is 42.2 Å². The summed E-state index contributed by atoms with van der Waals surface area (Å²) >= 11 is 6.57. The van der Waals surface area contributed by atoms with E-state index < -0.39 is 5.97 Å². The molecule has 0 aliphatic rings. The number of nitrogens with one attached hydrogen (secondary N) is 1. The minimum atomic E-state index is -0.435. The molecule has 1 aromatic rings. The molecule has 0 atom stereocenters. The number of oxime groups is 1. The number of thiazole rings is 1. The Morgan fingerprint density at radius 2 is 2.32 bits per heavy atom. The first-order valence-electron chi connectivity index (χ1n) is 5.12. The third-order valence-electron chi connectivity index (χ3n) is 1.78. The SMILES string of the molecule is CO/N=C(\COC(C)=O)c1csc(NC(=O)CCl)n1. The van der Waals surface area contributed by atoms with Gasteiger partial charge in [-0.05, 0) is 0 Å². The average Bonchev–Trinajstić information content (AvgIpc) is 2.82. The van der Waals surface area contributed by atoms with Crippen LogP contribution in [-0.2, 0) is 19.2 Å². The van der Waals surface area contributed by atoms with Gasteiger partial charge in [-0.1, -0.05) is 5.16 Å². The normalized spacial score (nSPS) is 11.0. The minimum absolute atomic E-state index is 0.0597. The number of aromatic nitrogens is 1. The fourth-order valence-electron chi connectivity index (χ4n) is 1.04. The molecule has 0 unspecified atom stereocenters. The van der Waals surface area contributed by atoms with E-state index in [-0.39, 0.29) is 18.4 Å². The monoisotopic (exact) mass is 305 g/mol. The van der Waals surface area contributed by atoms with Crippen molar-refractivity contribution in [2.75, 3.05) is 24.9 Å². The summed E-state index contributed by atoms with van der Waals surface area (Å²) in [6, 6.07) is 0. The molecule has 0 saturated heterocycles. The highest BCUT2D eigenvalue weighted by Gasteiger charge is 2.12. The average molecular weight is 306 g/mol. The molecule has 19 heavy (non-hydrogen) atoms. The molecule has 0 spiro atoms. The van der Waals surface area contributed by atoms with Gasteiger partial charge >= 0.3 is 5.97 Å². The van der Waals surface area contributed by atoms with Crippen LogP contribution in [0.1, 0.15) is 12.6 Å². The van der Waals surface area contributed by atoms with Gasteiger partial charge in [0.1, 0.15) is 31.0 Å². The number of anilines is 1. The molecule has 0 fully saturated rings. The van der Waals surface area contributed by atoms with Crippen molar-refractivity contribution in [2.45, 2.75) is 6.92 Å². The van der Waals surface area contributed by atoms with Crippen molar-refractivity contribution in [3.05, 3.63) is 11.1 Å². The highest BCUT2D eigenvalue weighted by Crippen LogP contribution is 2.16. The number of hydrogen-bond acceptors (Lipinski definition) is 7. The van der Waals surface area contributed by atoms with E-state index in [0.29, 0.717) is 16.5 Å². The van der Waals surface area contributed by atoms with Crippen LogP contribution >= 0.6 is 22.9 Å². The summed E-state index contributed by atoms with van der Waals surface area (Å²) in [6.07, 6.45) is 0. The second-order valence-electron chi connectivity index (χ2n) is 3.22. The lowest BCUT2D eigenvalue weighted by atomic mass is 10.3. The highest BCUT2D eigenvalue weighted by atomic mass is 35.5. The molecule has 0 bridgehead atoms. The molecule has 0 aliphatic carbocycles. The highest BCUT2D eigenvalue weighted by molar-refractivity contribution is 7.14. The number of amides is 1. The summed E-state index contributed by atoms with van der Waals surface area (Å²) in [4.78, 5) is 30.6. The van der Waals surface area contributed by atoms with Gasteiger partial charge < -0.3 is 14.9 Å². The zero-order valence-electron chi connectivity index (χ0n) is 10.3. The van der Waals surface area contributed by atoms with E-state index in [9.17, 15) is 9.59 Å². The number of carbonyl (C=O) groups is 2. The number of ether oxygens (including phenoxy) is 1. The van der Waals surface area contributed by atoms with Gasteiger partial charge in [-0.2, -0.15) is 0 Å². The van der Waals surface area contributed by atoms with Gasteiger partial charge in [-0.15, -0.1) is 22.9 Å². The predicted molar refractivity (Wildman–Crippen MR) is 71.6 cm³/mol. The zero-order chi connectivity index (χ0) is 14.3. The van der Waals surface area contributed by atoms with Crippen LogP contribution in [0.25, 0.3) is 0 Å². The minimum Gasteiger partial charge on any atom is -0.459 e. The summed E-state index contributed by atoms with van der Waals surface area (Å²) in [7, 11) is 1.37. The molecule has 1 aromatic heterocycles. The summed E-state index contributed by atoms with van der Waals surface area (Å²) in [6.45, 7) is 1.23. The number of halogens is 1. The summed E-state index contributed by atoms with van der Waals surface area (Å²) in [5, 5.41) is 8.27. The van der Waals surface area contributed by atoms with Crippen LogP contribution in [0.4, 0.5) is 5.13 Å². The fraction of sp³-hybridized carbons (Fsp3) is 0.400. The van der Waals surface area contributed by atoms with Crippen LogP contribution in [0.3, 0.4) is 0 Å². The Hall–Kier alpha value is -1.67. The standard InChI is InChI=1S/C10H12ClN3O4S/c1-6(15)18-4-7(14-17-2)8-5-19-10(12-8)13-9(16)3-11/h5H,3-4H2,1-2H3,(H,12,13,16)/b14-7+. The van der Waals surface area contributed by atoms with E-state index in [1.54, 1.807) is 5.38 Å². The molecule has 1 heterocycles. The molecular formula is C10H12ClN3O4S. The van der Waals surface area contributed by atoms with Crippen LogP contribution in [0.5, 0.6) is 0 Å². The van der Waals surface area contributed by atoms with Crippen LogP contribution < -0.4 is 5.32 Å². The van der Waals surface area contributed by atoms with E-state index in [0.717, 1.165) is 0 Å². The second kappa shape index (κ2) is 7.70. The van der Waals surface area contributed by atoms with Crippen molar-refractivity contribution in [3.8, 4) is 0 Å². The van der Waals surface area contributed by atoms with Crippen LogP contribution in [0, 0.1) is 0 Å². The smallest absolute Gasteiger partial charge is 0.303 e. The maximum atomic E-state index is 11.1. The summed E-state index contributed by atoms with van der Waals surface area (Å²) in [5.41, 5.74) is 0.804.